The Kier molecular flexibility index (Phi) is 4.19. The molecule has 0 radical (unpaired) electrons. The van der Waals surface area contributed by atoms with Crippen LogP contribution in [0.4, 0.5) is 11.4 Å². The van der Waals surface area contributed by atoms with E-state index in [1.807, 2.05) is 11.8 Å². The third-order valence-electron chi connectivity index (χ3n) is 3.44. The predicted molar refractivity (Wildman–Crippen MR) is 72.3 cm³/mol. The van der Waals surface area contributed by atoms with Crippen molar-refractivity contribution < 1.29 is 19.6 Å². The van der Waals surface area contributed by atoms with Gasteiger partial charge in [0.25, 0.3) is 5.69 Å². The number of hydrogen-bond donors (Lipinski definition) is 1. The van der Waals surface area contributed by atoms with Crippen LogP contribution in [-0.2, 0) is 4.74 Å². The summed E-state index contributed by atoms with van der Waals surface area (Å²) >= 11 is 0. The zero-order valence-electron chi connectivity index (χ0n) is 11.1. The van der Waals surface area contributed by atoms with Crippen LogP contribution in [0.2, 0.25) is 0 Å². The van der Waals surface area contributed by atoms with Crippen molar-refractivity contribution in [3.63, 3.8) is 0 Å². The molecule has 7 nitrogen and oxygen atoms in total. The van der Waals surface area contributed by atoms with Crippen LogP contribution in [0.3, 0.4) is 0 Å². The molecule has 0 aromatic heterocycles. The van der Waals surface area contributed by atoms with E-state index in [-0.39, 0.29) is 17.3 Å². The first-order valence-corrected chi connectivity index (χ1v) is 6.40. The lowest BCUT2D eigenvalue weighted by Crippen LogP contribution is -2.45. The second-order valence-corrected chi connectivity index (χ2v) is 4.59. The molecule has 2 rings (SSSR count). The normalized spacial score (nSPS) is 18.9. The fourth-order valence-electron chi connectivity index (χ4n) is 2.36. The fourth-order valence-corrected chi connectivity index (χ4v) is 2.36. The van der Waals surface area contributed by atoms with Gasteiger partial charge in [-0.05, 0) is 18.6 Å². The van der Waals surface area contributed by atoms with E-state index in [1.165, 1.54) is 12.1 Å². The van der Waals surface area contributed by atoms with Gasteiger partial charge in [-0.25, -0.2) is 4.79 Å². The van der Waals surface area contributed by atoms with Crippen molar-refractivity contribution in [2.75, 3.05) is 24.7 Å². The largest absolute Gasteiger partial charge is 0.477 e. The van der Waals surface area contributed by atoms with Crippen molar-refractivity contribution in [3.05, 3.63) is 33.9 Å². The fraction of sp³-hybridized carbons (Fsp3) is 0.462. The molecule has 0 aliphatic carbocycles. The monoisotopic (exact) mass is 280 g/mol. The molecule has 0 saturated carbocycles. The van der Waals surface area contributed by atoms with Crippen molar-refractivity contribution >= 4 is 17.3 Å². The Morgan fingerprint density at radius 2 is 2.35 bits per heavy atom. The first-order chi connectivity index (χ1) is 9.54. The summed E-state index contributed by atoms with van der Waals surface area (Å²) in [5.74, 6) is -1.29. The minimum absolute atomic E-state index is 0.152. The molecule has 1 fully saturated rings. The molecule has 0 amide bonds. The molecule has 0 spiro atoms. The highest BCUT2D eigenvalue weighted by Gasteiger charge is 2.26. The number of nitrogens with zero attached hydrogens (tertiary/aromatic N) is 2. The van der Waals surface area contributed by atoms with Gasteiger partial charge in [-0.2, -0.15) is 0 Å². The Morgan fingerprint density at radius 3 is 2.95 bits per heavy atom. The topological polar surface area (TPSA) is 92.9 Å². The molecule has 1 saturated heterocycles. The number of anilines is 1. The first kappa shape index (κ1) is 14.3. The van der Waals surface area contributed by atoms with Crippen LogP contribution in [0.15, 0.2) is 18.2 Å². The number of carboxylic acids is 1. The van der Waals surface area contributed by atoms with Gasteiger partial charge in [0.1, 0.15) is 5.56 Å². The number of carbonyl (C=O) groups is 1. The summed E-state index contributed by atoms with van der Waals surface area (Å²) in [6, 6.07) is 4.39. The molecule has 20 heavy (non-hydrogen) atoms. The highest BCUT2D eigenvalue weighted by atomic mass is 16.6. The molecule has 1 aromatic rings. The van der Waals surface area contributed by atoms with Gasteiger partial charge in [-0.3, -0.25) is 10.1 Å². The lowest BCUT2D eigenvalue weighted by Gasteiger charge is -2.36. The first-order valence-electron chi connectivity index (χ1n) is 6.40. The van der Waals surface area contributed by atoms with Crippen LogP contribution < -0.4 is 4.90 Å². The number of morpholine rings is 1. The number of nitro benzene ring substituents is 1. The molecule has 108 valence electrons. The second-order valence-electron chi connectivity index (χ2n) is 4.59. The van der Waals surface area contributed by atoms with Gasteiger partial charge in [0.2, 0.25) is 0 Å². The molecule has 1 unspecified atom stereocenters. The average Bonchev–Trinajstić information content (AvgIpc) is 2.46. The van der Waals surface area contributed by atoms with Gasteiger partial charge >= 0.3 is 5.97 Å². The Hall–Kier alpha value is -2.15. The SMILES string of the molecule is CCC1COCCN1c1ccc(C(=O)O)c([N+](=O)[O-])c1. The molecule has 1 aromatic carbocycles. The summed E-state index contributed by atoms with van der Waals surface area (Å²) in [6.07, 6.45) is 0.856. The molecule has 7 heteroatoms. The van der Waals surface area contributed by atoms with Gasteiger partial charge < -0.3 is 14.7 Å². The van der Waals surface area contributed by atoms with E-state index in [4.69, 9.17) is 9.84 Å². The van der Waals surface area contributed by atoms with Crippen LogP contribution in [0.25, 0.3) is 0 Å². The van der Waals surface area contributed by atoms with Crippen LogP contribution >= 0.6 is 0 Å². The zero-order valence-corrected chi connectivity index (χ0v) is 11.1. The van der Waals surface area contributed by atoms with E-state index >= 15 is 0 Å². The minimum Gasteiger partial charge on any atom is -0.477 e. The summed E-state index contributed by atoms with van der Waals surface area (Å²) in [5.41, 5.74) is -0.00625. The molecule has 1 N–H and O–H groups in total. The van der Waals surface area contributed by atoms with Gasteiger partial charge in [0.05, 0.1) is 24.2 Å². The number of rotatable bonds is 4. The quantitative estimate of drug-likeness (QED) is 0.669. The maximum absolute atomic E-state index is 11.0. The van der Waals surface area contributed by atoms with Crippen molar-refractivity contribution in [1.29, 1.82) is 0 Å². The Bertz CT molecular complexity index is 531. The van der Waals surface area contributed by atoms with Crippen molar-refractivity contribution in [3.8, 4) is 0 Å². The number of hydrogen-bond acceptors (Lipinski definition) is 5. The van der Waals surface area contributed by atoms with E-state index in [1.54, 1.807) is 6.07 Å². The molecule has 1 heterocycles. The highest BCUT2D eigenvalue weighted by Crippen LogP contribution is 2.28. The van der Waals surface area contributed by atoms with Crippen molar-refractivity contribution in [2.45, 2.75) is 19.4 Å². The zero-order chi connectivity index (χ0) is 14.7. The number of aromatic carboxylic acids is 1. The van der Waals surface area contributed by atoms with Crippen LogP contribution in [0, 0.1) is 10.1 Å². The van der Waals surface area contributed by atoms with E-state index < -0.39 is 10.9 Å². The van der Waals surface area contributed by atoms with Crippen molar-refractivity contribution in [2.24, 2.45) is 0 Å². The number of carboxylic acid groups (broad SMARTS) is 1. The lowest BCUT2D eigenvalue weighted by atomic mass is 10.1. The summed E-state index contributed by atoms with van der Waals surface area (Å²) in [4.78, 5) is 23.4. The maximum atomic E-state index is 11.0. The molecule has 1 atom stereocenters. The van der Waals surface area contributed by atoms with E-state index in [9.17, 15) is 14.9 Å². The van der Waals surface area contributed by atoms with E-state index in [0.29, 0.717) is 25.4 Å². The number of benzene rings is 1. The van der Waals surface area contributed by atoms with Crippen molar-refractivity contribution in [1.82, 2.24) is 0 Å². The van der Waals surface area contributed by atoms with Crippen LogP contribution in [-0.4, -0.2) is 41.8 Å². The minimum atomic E-state index is -1.29. The molecule has 1 aliphatic heterocycles. The summed E-state index contributed by atoms with van der Waals surface area (Å²) in [6.45, 7) is 3.80. The highest BCUT2D eigenvalue weighted by molar-refractivity contribution is 5.93. The summed E-state index contributed by atoms with van der Waals surface area (Å²) in [7, 11) is 0. The van der Waals surface area contributed by atoms with Gasteiger partial charge in [-0.15, -0.1) is 0 Å². The third kappa shape index (κ3) is 2.72. The molecule has 0 bridgehead atoms. The molecule has 1 aliphatic rings. The lowest BCUT2D eigenvalue weighted by molar-refractivity contribution is -0.385. The standard InChI is InChI=1S/C13H16N2O5/c1-2-9-8-20-6-5-14(9)10-3-4-11(13(16)17)12(7-10)15(18)19/h3-4,7,9H,2,5-6,8H2,1H3,(H,16,17). The maximum Gasteiger partial charge on any atom is 0.342 e. The van der Waals surface area contributed by atoms with Crippen LogP contribution in [0.1, 0.15) is 23.7 Å². The summed E-state index contributed by atoms with van der Waals surface area (Å²) < 4.78 is 5.39. The summed E-state index contributed by atoms with van der Waals surface area (Å²) in [5, 5.41) is 20.0. The Balaban J connectivity index is 2.39. The smallest absolute Gasteiger partial charge is 0.342 e. The van der Waals surface area contributed by atoms with Gasteiger partial charge in [0, 0.05) is 18.3 Å². The van der Waals surface area contributed by atoms with E-state index in [0.717, 1.165) is 6.42 Å². The number of ether oxygens (including phenoxy) is 1. The van der Waals surface area contributed by atoms with Crippen LogP contribution in [0.5, 0.6) is 0 Å². The Labute approximate surface area is 115 Å². The van der Waals surface area contributed by atoms with Gasteiger partial charge in [0.15, 0.2) is 0 Å². The average molecular weight is 280 g/mol. The predicted octanol–water partition coefficient (Wildman–Crippen LogP) is 1.91. The molecular weight excluding hydrogens is 264 g/mol. The van der Waals surface area contributed by atoms with E-state index in [2.05, 4.69) is 0 Å². The van der Waals surface area contributed by atoms with Gasteiger partial charge in [-0.1, -0.05) is 6.92 Å². The third-order valence-corrected chi connectivity index (χ3v) is 3.44. The molecular formula is C13H16N2O5. The second kappa shape index (κ2) is 5.87. The number of nitro groups is 1. The Morgan fingerprint density at radius 1 is 1.60 bits per heavy atom.